The Morgan fingerprint density at radius 1 is 1.22 bits per heavy atom. The monoisotopic (exact) mass is 340 g/mol. The molecule has 0 aliphatic carbocycles. The van der Waals surface area contributed by atoms with Crippen LogP contribution in [0.2, 0.25) is 0 Å². The number of carbonyl (C=O) groups excluding carboxylic acids is 1. The van der Waals surface area contributed by atoms with E-state index >= 15 is 0 Å². The van der Waals surface area contributed by atoms with Crippen LogP contribution in [0, 0.1) is 0 Å². The highest BCUT2D eigenvalue weighted by molar-refractivity contribution is 7.16. The van der Waals surface area contributed by atoms with Gasteiger partial charge in [-0.2, -0.15) is 11.3 Å². The Hall–Kier alpha value is -1.98. The summed E-state index contributed by atoms with van der Waals surface area (Å²) in [6.45, 7) is 0.831. The molecule has 23 heavy (non-hydrogen) atoms. The van der Waals surface area contributed by atoms with Gasteiger partial charge in [0.25, 0.3) is 5.91 Å². The number of hydrogen-bond acceptors (Lipinski definition) is 4. The first kappa shape index (κ1) is 14.6. The number of rotatable bonds is 3. The lowest BCUT2D eigenvalue weighted by atomic mass is 10.1. The molecule has 0 N–H and O–H groups in total. The van der Waals surface area contributed by atoms with Gasteiger partial charge in [-0.3, -0.25) is 4.79 Å². The Bertz CT molecular complexity index is 796. The molecule has 1 aliphatic rings. The Morgan fingerprint density at radius 2 is 2.09 bits per heavy atom. The van der Waals surface area contributed by atoms with Gasteiger partial charge in [0.15, 0.2) is 0 Å². The smallest absolute Gasteiger partial charge is 0.266 e. The number of amides is 1. The third kappa shape index (κ3) is 2.82. The Labute approximate surface area is 143 Å². The van der Waals surface area contributed by atoms with Gasteiger partial charge in [-0.25, -0.2) is 4.98 Å². The molecule has 3 nitrogen and oxygen atoms in total. The highest BCUT2D eigenvalue weighted by Crippen LogP contribution is 2.35. The van der Waals surface area contributed by atoms with Crippen molar-refractivity contribution >= 4 is 28.6 Å². The van der Waals surface area contributed by atoms with Crippen molar-refractivity contribution < 1.29 is 4.79 Å². The molecule has 2 aromatic heterocycles. The average molecular weight is 340 g/mol. The van der Waals surface area contributed by atoms with Crippen LogP contribution in [0.15, 0.2) is 53.4 Å². The predicted molar refractivity (Wildman–Crippen MR) is 94.9 cm³/mol. The second kappa shape index (κ2) is 6.26. The van der Waals surface area contributed by atoms with E-state index in [1.165, 1.54) is 16.9 Å². The fraction of sp³-hybridized carbons (Fsp3) is 0.222. The quantitative estimate of drug-likeness (QED) is 0.683. The number of aromatic nitrogens is 1. The molecule has 1 aliphatic heterocycles. The van der Waals surface area contributed by atoms with Crippen LogP contribution in [0.3, 0.4) is 0 Å². The second-order valence-electron chi connectivity index (χ2n) is 5.61. The molecule has 5 heteroatoms. The molecule has 1 aromatic carbocycles. The Kier molecular flexibility index (Phi) is 3.97. The van der Waals surface area contributed by atoms with Gasteiger partial charge in [-0.05, 0) is 35.2 Å². The van der Waals surface area contributed by atoms with Gasteiger partial charge in [0, 0.05) is 12.1 Å². The number of carbonyl (C=O) groups is 1. The van der Waals surface area contributed by atoms with Gasteiger partial charge >= 0.3 is 0 Å². The molecule has 1 atom stereocenters. The topological polar surface area (TPSA) is 33.2 Å². The van der Waals surface area contributed by atoms with Crippen LogP contribution >= 0.6 is 22.7 Å². The number of nitrogens with zero attached hydrogens (tertiary/aromatic N) is 2. The first-order valence-corrected chi connectivity index (χ1v) is 9.43. The van der Waals surface area contributed by atoms with E-state index in [-0.39, 0.29) is 11.9 Å². The fourth-order valence-corrected chi connectivity index (χ4v) is 4.63. The van der Waals surface area contributed by atoms with Crippen LogP contribution in [0.4, 0.5) is 0 Å². The van der Waals surface area contributed by atoms with Crippen LogP contribution < -0.4 is 0 Å². The van der Waals surface area contributed by atoms with E-state index in [4.69, 9.17) is 0 Å². The molecule has 3 heterocycles. The molecule has 116 valence electrons. The number of benzene rings is 1. The van der Waals surface area contributed by atoms with Crippen molar-refractivity contribution in [2.75, 3.05) is 6.54 Å². The van der Waals surface area contributed by atoms with Crippen LogP contribution in [-0.2, 0) is 0 Å². The molecule has 4 rings (SSSR count). The van der Waals surface area contributed by atoms with E-state index in [0.717, 1.165) is 34.8 Å². The van der Waals surface area contributed by atoms with Crippen LogP contribution in [0.25, 0.3) is 10.6 Å². The second-order valence-corrected chi connectivity index (χ2v) is 7.42. The highest BCUT2D eigenvalue weighted by Gasteiger charge is 2.31. The summed E-state index contributed by atoms with van der Waals surface area (Å²) in [5.41, 5.74) is 2.32. The summed E-state index contributed by atoms with van der Waals surface area (Å²) in [6, 6.07) is 12.4. The van der Waals surface area contributed by atoms with Crippen molar-refractivity contribution in [1.29, 1.82) is 0 Å². The summed E-state index contributed by atoms with van der Waals surface area (Å²) in [6.07, 6.45) is 3.84. The van der Waals surface area contributed by atoms with E-state index in [1.54, 1.807) is 17.5 Å². The summed E-state index contributed by atoms with van der Waals surface area (Å²) in [4.78, 5) is 20.1. The minimum Gasteiger partial charge on any atom is -0.331 e. The number of hydrogen-bond donors (Lipinski definition) is 0. The normalized spacial score (nSPS) is 17.6. The maximum absolute atomic E-state index is 12.9. The van der Waals surface area contributed by atoms with Crippen molar-refractivity contribution in [2.45, 2.75) is 18.9 Å². The van der Waals surface area contributed by atoms with Crippen molar-refractivity contribution in [2.24, 2.45) is 0 Å². The van der Waals surface area contributed by atoms with Crippen LogP contribution in [-0.4, -0.2) is 22.3 Å². The standard InChI is InChI=1S/C18H16N2OS2/c21-18(20-9-4-7-15(20)14-8-10-22-12-14)16-11-19-17(23-16)13-5-2-1-3-6-13/h1-3,5-6,8,10-12,15H,4,7,9H2/t15-/m1/s1. The number of likely N-dealkylation sites (tertiary alicyclic amines) is 1. The lowest BCUT2D eigenvalue weighted by Crippen LogP contribution is -2.29. The predicted octanol–water partition coefficient (Wildman–Crippen LogP) is 4.85. The molecule has 1 amide bonds. The van der Waals surface area contributed by atoms with E-state index in [2.05, 4.69) is 21.8 Å². The minimum atomic E-state index is 0.110. The lowest BCUT2D eigenvalue weighted by molar-refractivity contribution is 0.0740. The van der Waals surface area contributed by atoms with Crippen molar-refractivity contribution in [3.8, 4) is 10.6 Å². The average Bonchev–Trinajstić information content (AvgIpc) is 3.34. The van der Waals surface area contributed by atoms with Gasteiger partial charge in [-0.1, -0.05) is 30.3 Å². The van der Waals surface area contributed by atoms with Gasteiger partial charge in [-0.15, -0.1) is 11.3 Å². The zero-order chi connectivity index (χ0) is 15.6. The lowest BCUT2D eigenvalue weighted by Gasteiger charge is -2.23. The summed E-state index contributed by atoms with van der Waals surface area (Å²) in [5.74, 6) is 0.110. The summed E-state index contributed by atoms with van der Waals surface area (Å²) in [7, 11) is 0. The molecule has 3 aromatic rings. The molecule has 0 radical (unpaired) electrons. The molecule has 0 bridgehead atoms. The molecule has 0 spiro atoms. The largest absolute Gasteiger partial charge is 0.331 e. The van der Waals surface area contributed by atoms with E-state index in [9.17, 15) is 4.79 Å². The van der Waals surface area contributed by atoms with Crippen molar-refractivity contribution in [3.05, 3.63) is 63.8 Å². The van der Waals surface area contributed by atoms with Crippen molar-refractivity contribution in [1.82, 2.24) is 9.88 Å². The molecule has 0 saturated carbocycles. The third-order valence-electron chi connectivity index (χ3n) is 4.18. The van der Waals surface area contributed by atoms with Crippen LogP contribution in [0.1, 0.15) is 34.1 Å². The maximum atomic E-state index is 12.9. The third-order valence-corrected chi connectivity index (χ3v) is 5.91. The Morgan fingerprint density at radius 3 is 2.87 bits per heavy atom. The molecule has 1 fully saturated rings. The number of thiophene rings is 1. The first-order chi connectivity index (χ1) is 11.3. The minimum absolute atomic E-state index is 0.110. The zero-order valence-corrected chi connectivity index (χ0v) is 14.1. The SMILES string of the molecule is O=C(c1cnc(-c2ccccc2)s1)N1CCC[C@@H]1c1ccsc1. The molecular weight excluding hydrogens is 324 g/mol. The van der Waals surface area contributed by atoms with Gasteiger partial charge in [0.1, 0.15) is 9.88 Å². The van der Waals surface area contributed by atoms with Crippen LogP contribution in [0.5, 0.6) is 0 Å². The summed E-state index contributed by atoms with van der Waals surface area (Å²) >= 11 is 3.17. The number of thiazole rings is 1. The summed E-state index contributed by atoms with van der Waals surface area (Å²) in [5, 5.41) is 5.13. The zero-order valence-electron chi connectivity index (χ0n) is 12.5. The van der Waals surface area contributed by atoms with Gasteiger partial charge < -0.3 is 4.90 Å². The molecular formula is C18H16N2OS2. The van der Waals surface area contributed by atoms with Gasteiger partial charge in [0.2, 0.25) is 0 Å². The van der Waals surface area contributed by atoms with E-state index in [1.807, 2.05) is 35.2 Å². The van der Waals surface area contributed by atoms with E-state index < -0.39 is 0 Å². The highest BCUT2D eigenvalue weighted by atomic mass is 32.1. The van der Waals surface area contributed by atoms with Gasteiger partial charge in [0.05, 0.1) is 12.2 Å². The fourth-order valence-electron chi connectivity index (χ4n) is 3.05. The maximum Gasteiger partial charge on any atom is 0.266 e. The molecule has 0 unspecified atom stereocenters. The van der Waals surface area contributed by atoms with Crippen molar-refractivity contribution in [3.63, 3.8) is 0 Å². The Balaban J connectivity index is 1.59. The molecule has 1 saturated heterocycles. The summed E-state index contributed by atoms with van der Waals surface area (Å²) < 4.78 is 0. The first-order valence-electron chi connectivity index (χ1n) is 7.67. The van der Waals surface area contributed by atoms with E-state index in [0.29, 0.717) is 0 Å².